The summed E-state index contributed by atoms with van der Waals surface area (Å²) in [4.78, 5) is 17.5. The van der Waals surface area contributed by atoms with Gasteiger partial charge >= 0.3 is 0 Å². The fourth-order valence-corrected chi connectivity index (χ4v) is 3.46. The number of ether oxygens (including phenoxy) is 1. The second-order valence-electron chi connectivity index (χ2n) is 5.42. The molecule has 1 N–H and O–H groups in total. The molecule has 2 rings (SSSR count). The van der Waals surface area contributed by atoms with Crippen molar-refractivity contribution in [2.45, 2.75) is 27.2 Å². The van der Waals surface area contributed by atoms with Gasteiger partial charge < -0.3 is 10.1 Å². The van der Waals surface area contributed by atoms with Gasteiger partial charge in [-0.15, -0.1) is 11.3 Å². The Morgan fingerprint density at radius 2 is 2.18 bits per heavy atom. The third kappa shape index (κ3) is 3.99. The number of aryl methyl sites for hydroxylation is 1. The Balaban J connectivity index is 2.15. The van der Waals surface area contributed by atoms with E-state index < -0.39 is 0 Å². The van der Waals surface area contributed by atoms with Crippen molar-refractivity contribution < 1.29 is 9.53 Å². The number of methoxy groups -OCH3 is 1. The van der Waals surface area contributed by atoms with Crippen molar-refractivity contribution in [2.75, 3.05) is 12.4 Å². The molecule has 6 heteroatoms. The van der Waals surface area contributed by atoms with Crippen LogP contribution in [0.4, 0.5) is 5.69 Å². The molecule has 0 unspecified atom stereocenters. The molecular formula is C16H19ClN2O2S. The van der Waals surface area contributed by atoms with E-state index in [1.54, 1.807) is 25.3 Å². The van der Waals surface area contributed by atoms with Gasteiger partial charge in [-0.25, -0.2) is 4.98 Å². The number of aromatic nitrogens is 1. The minimum atomic E-state index is -0.161. The Labute approximate surface area is 139 Å². The van der Waals surface area contributed by atoms with Gasteiger partial charge in [0.05, 0.1) is 22.8 Å². The second-order valence-corrected chi connectivity index (χ2v) is 6.91. The molecule has 0 bridgehead atoms. The van der Waals surface area contributed by atoms with E-state index in [2.05, 4.69) is 24.1 Å². The highest BCUT2D eigenvalue weighted by Gasteiger charge is 2.16. The average Bonchev–Trinajstić information content (AvgIpc) is 2.79. The van der Waals surface area contributed by atoms with Gasteiger partial charge in [0.25, 0.3) is 5.91 Å². The van der Waals surface area contributed by atoms with Crippen molar-refractivity contribution >= 4 is 34.5 Å². The van der Waals surface area contributed by atoms with Crippen molar-refractivity contribution in [1.29, 1.82) is 0 Å². The number of carbonyl (C=O) groups excluding carboxylic acids is 1. The summed E-state index contributed by atoms with van der Waals surface area (Å²) >= 11 is 7.51. The largest absolute Gasteiger partial charge is 0.495 e. The normalized spacial score (nSPS) is 10.8. The predicted molar refractivity (Wildman–Crippen MR) is 91.4 cm³/mol. The first-order valence-corrected chi connectivity index (χ1v) is 8.21. The molecule has 0 saturated heterocycles. The van der Waals surface area contributed by atoms with E-state index >= 15 is 0 Å². The van der Waals surface area contributed by atoms with Crippen LogP contribution in [0.25, 0.3) is 0 Å². The fourth-order valence-electron chi connectivity index (χ4n) is 2.03. The number of hydrogen-bond acceptors (Lipinski definition) is 4. The molecule has 1 amide bonds. The average molecular weight is 339 g/mol. The lowest BCUT2D eigenvalue weighted by molar-refractivity contribution is 0.103. The Kier molecular flexibility index (Phi) is 5.42. The Bertz CT molecular complexity index is 683. The standard InChI is InChI=1S/C16H19ClN2O2S/c1-9(2)7-14-18-10(3)15(22-14)16(20)19-11-5-6-13(21-4)12(17)8-11/h5-6,8-9H,7H2,1-4H3,(H,19,20). The molecule has 0 radical (unpaired) electrons. The van der Waals surface area contributed by atoms with Crippen LogP contribution in [0, 0.1) is 12.8 Å². The molecule has 118 valence electrons. The number of nitrogens with one attached hydrogen (secondary N) is 1. The van der Waals surface area contributed by atoms with E-state index in [-0.39, 0.29) is 5.91 Å². The van der Waals surface area contributed by atoms with E-state index in [0.717, 1.165) is 17.1 Å². The van der Waals surface area contributed by atoms with Gasteiger partial charge in [-0.2, -0.15) is 0 Å². The molecular weight excluding hydrogens is 320 g/mol. The molecule has 1 aromatic carbocycles. The highest BCUT2D eigenvalue weighted by molar-refractivity contribution is 7.13. The molecule has 1 heterocycles. The summed E-state index contributed by atoms with van der Waals surface area (Å²) in [5.41, 5.74) is 1.40. The fraction of sp³-hybridized carbons (Fsp3) is 0.375. The number of benzene rings is 1. The zero-order chi connectivity index (χ0) is 16.3. The van der Waals surface area contributed by atoms with Crippen LogP contribution in [0.3, 0.4) is 0 Å². The summed E-state index contributed by atoms with van der Waals surface area (Å²) in [6, 6.07) is 5.15. The topological polar surface area (TPSA) is 51.2 Å². The third-order valence-electron chi connectivity index (χ3n) is 3.04. The summed E-state index contributed by atoms with van der Waals surface area (Å²) in [7, 11) is 1.55. The molecule has 4 nitrogen and oxygen atoms in total. The molecule has 0 atom stereocenters. The van der Waals surface area contributed by atoms with Crippen molar-refractivity contribution in [2.24, 2.45) is 5.92 Å². The highest BCUT2D eigenvalue weighted by Crippen LogP contribution is 2.28. The van der Waals surface area contributed by atoms with E-state index in [9.17, 15) is 4.79 Å². The summed E-state index contributed by atoms with van der Waals surface area (Å²) in [6.45, 7) is 6.13. The molecule has 0 spiro atoms. The van der Waals surface area contributed by atoms with Crippen LogP contribution in [0.1, 0.15) is 34.2 Å². The van der Waals surface area contributed by atoms with Crippen LogP contribution in [0.2, 0.25) is 5.02 Å². The molecule has 22 heavy (non-hydrogen) atoms. The smallest absolute Gasteiger partial charge is 0.267 e. The second kappa shape index (κ2) is 7.11. The quantitative estimate of drug-likeness (QED) is 0.869. The van der Waals surface area contributed by atoms with Gasteiger partial charge in [-0.1, -0.05) is 25.4 Å². The first kappa shape index (κ1) is 16.8. The SMILES string of the molecule is COc1ccc(NC(=O)c2sc(CC(C)C)nc2C)cc1Cl. The predicted octanol–water partition coefficient (Wildman–Crippen LogP) is 4.56. The van der Waals surface area contributed by atoms with E-state index in [4.69, 9.17) is 16.3 Å². The van der Waals surface area contributed by atoms with Gasteiger partial charge in [0, 0.05) is 12.1 Å². The minimum Gasteiger partial charge on any atom is -0.495 e. The molecule has 2 aromatic rings. The number of rotatable bonds is 5. The number of nitrogens with zero attached hydrogens (tertiary/aromatic N) is 1. The third-order valence-corrected chi connectivity index (χ3v) is 4.51. The zero-order valence-corrected chi connectivity index (χ0v) is 14.6. The van der Waals surface area contributed by atoms with Crippen LogP contribution in [-0.2, 0) is 6.42 Å². The van der Waals surface area contributed by atoms with Crippen LogP contribution in [0.5, 0.6) is 5.75 Å². The molecule has 0 aliphatic rings. The van der Waals surface area contributed by atoms with Gasteiger partial charge in [0.2, 0.25) is 0 Å². The van der Waals surface area contributed by atoms with Crippen molar-refractivity contribution in [1.82, 2.24) is 4.98 Å². The first-order chi connectivity index (χ1) is 10.4. The molecule has 0 aliphatic carbocycles. The molecule has 1 aromatic heterocycles. The zero-order valence-electron chi connectivity index (χ0n) is 13.1. The number of hydrogen-bond donors (Lipinski definition) is 1. The lowest BCUT2D eigenvalue weighted by Crippen LogP contribution is -2.11. The number of thiazole rings is 1. The molecule has 0 saturated carbocycles. The monoisotopic (exact) mass is 338 g/mol. The van der Waals surface area contributed by atoms with Crippen molar-refractivity contribution in [3.8, 4) is 5.75 Å². The van der Waals surface area contributed by atoms with E-state index in [1.165, 1.54) is 11.3 Å². The van der Waals surface area contributed by atoms with Crippen molar-refractivity contribution in [3.05, 3.63) is 38.8 Å². The van der Waals surface area contributed by atoms with Crippen molar-refractivity contribution in [3.63, 3.8) is 0 Å². The minimum absolute atomic E-state index is 0.161. The maximum absolute atomic E-state index is 12.4. The number of amides is 1. The highest BCUT2D eigenvalue weighted by atomic mass is 35.5. The Morgan fingerprint density at radius 1 is 1.45 bits per heavy atom. The van der Waals surface area contributed by atoms with Gasteiger partial charge in [0.15, 0.2) is 0 Å². The first-order valence-electron chi connectivity index (χ1n) is 7.02. The summed E-state index contributed by atoms with van der Waals surface area (Å²) in [6.07, 6.45) is 0.882. The maximum Gasteiger partial charge on any atom is 0.267 e. The Hall–Kier alpha value is -1.59. The summed E-state index contributed by atoms with van der Waals surface area (Å²) < 4.78 is 5.10. The lowest BCUT2D eigenvalue weighted by atomic mass is 10.1. The number of halogens is 1. The maximum atomic E-state index is 12.4. The molecule has 0 fully saturated rings. The summed E-state index contributed by atoms with van der Waals surface area (Å²) in [5.74, 6) is 0.931. The Morgan fingerprint density at radius 3 is 2.77 bits per heavy atom. The molecule has 0 aliphatic heterocycles. The number of carbonyl (C=O) groups is 1. The number of anilines is 1. The lowest BCUT2D eigenvalue weighted by Gasteiger charge is -2.07. The van der Waals surface area contributed by atoms with Gasteiger partial charge in [-0.3, -0.25) is 4.79 Å². The van der Waals surface area contributed by atoms with Crippen LogP contribution >= 0.6 is 22.9 Å². The summed E-state index contributed by atoms with van der Waals surface area (Å²) in [5, 5.41) is 4.30. The van der Waals surface area contributed by atoms with Gasteiger partial charge in [0.1, 0.15) is 10.6 Å². The van der Waals surface area contributed by atoms with Crippen LogP contribution < -0.4 is 10.1 Å². The van der Waals surface area contributed by atoms with Crippen LogP contribution in [0.15, 0.2) is 18.2 Å². The van der Waals surface area contributed by atoms with E-state index in [0.29, 0.717) is 27.3 Å². The van der Waals surface area contributed by atoms with Gasteiger partial charge in [-0.05, 0) is 31.0 Å². The van der Waals surface area contributed by atoms with Crippen LogP contribution in [-0.4, -0.2) is 18.0 Å². The van der Waals surface area contributed by atoms with E-state index in [1.807, 2.05) is 6.92 Å².